The van der Waals surface area contributed by atoms with E-state index in [1.54, 1.807) is 0 Å². The minimum Gasteiger partial charge on any atom is -0.376 e. The monoisotopic (exact) mass is 283 g/mol. The molecule has 0 amide bonds. The molecule has 2 unspecified atom stereocenters. The van der Waals surface area contributed by atoms with Gasteiger partial charge in [0.05, 0.1) is 6.10 Å². The van der Waals surface area contributed by atoms with Crippen LogP contribution in [0.3, 0.4) is 0 Å². The quantitative estimate of drug-likeness (QED) is 0.819. The summed E-state index contributed by atoms with van der Waals surface area (Å²) in [7, 11) is 2.04. The smallest absolute Gasteiger partial charge is 0.0779 e. The van der Waals surface area contributed by atoms with Gasteiger partial charge in [-0.15, -0.1) is 11.3 Å². The Labute approximate surface area is 122 Å². The second kappa shape index (κ2) is 7.41. The summed E-state index contributed by atoms with van der Waals surface area (Å²) in [5.74, 6) is 0. The fraction of sp³-hybridized carbons (Fsp3) is 0.750. The molecule has 0 spiro atoms. The van der Waals surface area contributed by atoms with Gasteiger partial charge in [-0.1, -0.05) is 27.7 Å². The van der Waals surface area contributed by atoms with E-state index in [2.05, 4.69) is 52.1 Å². The van der Waals surface area contributed by atoms with E-state index in [1.807, 2.05) is 18.4 Å². The van der Waals surface area contributed by atoms with E-state index in [0.717, 1.165) is 19.4 Å². The first-order valence-corrected chi connectivity index (χ1v) is 8.10. The van der Waals surface area contributed by atoms with Gasteiger partial charge in [0.2, 0.25) is 0 Å². The number of aryl methyl sites for hydroxylation is 1. The number of thiophene rings is 1. The van der Waals surface area contributed by atoms with Crippen molar-refractivity contribution in [2.45, 2.75) is 59.6 Å². The molecule has 19 heavy (non-hydrogen) atoms. The summed E-state index contributed by atoms with van der Waals surface area (Å²) >= 11 is 1.93. The molecule has 1 heterocycles. The summed E-state index contributed by atoms with van der Waals surface area (Å²) in [6, 6.07) is 4.88. The summed E-state index contributed by atoms with van der Waals surface area (Å²) in [6.45, 7) is 11.8. The van der Waals surface area contributed by atoms with Crippen LogP contribution in [0.4, 0.5) is 0 Å². The molecule has 0 aromatic carbocycles. The molecular weight excluding hydrogens is 254 g/mol. The molecule has 3 heteroatoms. The molecule has 0 aliphatic carbocycles. The average molecular weight is 283 g/mol. The molecule has 0 saturated heterocycles. The summed E-state index contributed by atoms with van der Waals surface area (Å²) in [5, 5.41) is 3.45. The van der Waals surface area contributed by atoms with Crippen LogP contribution in [0.25, 0.3) is 0 Å². The van der Waals surface area contributed by atoms with Crippen LogP contribution in [0.2, 0.25) is 0 Å². The van der Waals surface area contributed by atoms with Crippen molar-refractivity contribution in [1.29, 1.82) is 0 Å². The van der Waals surface area contributed by atoms with Gasteiger partial charge in [0, 0.05) is 22.4 Å². The van der Waals surface area contributed by atoms with Crippen molar-refractivity contribution in [3.8, 4) is 0 Å². The van der Waals surface area contributed by atoms with Gasteiger partial charge >= 0.3 is 0 Å². The molecule has 1 rings (SSSR count). The van der Waals surface area contributed by atoms with Crippen LogP contribution in [-0.2, 0) is 17.6 Å². The second-order valence-corrected chi connectivity index (χ2v) is 7.32. The van der Waals surface area contributed by atoms with Gasteiger partial charge in [0.15, 0.2) is 0 Å². The van der Waals surface area contributed by atoms with Crippen molar-refractivity contribution < 1.29 is 4.74 Å². The molecule has 2 nitrogen and oxygen atoms in total. The van der Waals surface area contributed by atoms with E-state index in [4.69, 9.17) is 4.74 Å². The van der Waals surface area contributed by atoms with Crippen molar-refractivity contribution >= 4 is 11.3 Å². The van der Waals surface area contributed by atoms with E-state index in [9.17, 15) is 0 Å². The van der Waals surface area contributed by atoms with Gasteiger partial charge in [-0.3, -0.25) is 0 Å². The number of rotatable bonds is 7. The maximum Gasteiger partial charge on any atom is 0.0779 e. The molecule has 0 bridgehead atoms. The Morgan fingerprint density at radius 3 is 2.26 bits per heavy atom. The molecule has 110 valence electrons. The van der Waals surface area contributed by atoms with Crippen molar-refractivity contribution in [2.24, 2.45) is 5.41 Å². The third-order valence-corrected chi connectivity index (χ3v) is 4.67. The number of ether oxygens (including phenoxy) is 1. The lowest BCUT2D eigenvalue weighted by atomic mass is 9.83. The molecular formula is C16H29NOS. The highest BCUT2D eigenvalue weighted by molar-refractivity contribution is 7.11. The first-order valence-electron chi connectivity index (χ1n) is 7.28. The van der Waals surface area contributed by atoms with Gasteiger partial charge in [-0.25, -0.2) is 0 Å². The SMILES string of the molecule is CCOC(C(Cc1ccc(CC)s1)NC)C(C)(C)C. The first kappa shape index (κ1) is 16.7. The molecule has 1 aromatic heterocycles. The van der Waals surface area contributed by atoms with Crippen LogP contribution in [0.5, 0.6) is 0 Å². The van der Waals surface area contributed by atoms with Crippen molar-refractivity contribution in [2.75, 3.05) is 13.7 Å². The number of nitrogens with one attached hydrogen (secondary N) is 1. The third-order valence-electron chi connectivity index (χ3n) is 3.42. The summed E-state index contributed by atoms with van der Waals surface area (Å²) in [5.41, 5.74) is 0.147. The van der Waals surface area contributed by atoms with Gasteiger partial charge in [0.1, 0.15) is 0 Å². The van der Waals surface area contributed by atoms with Crippen LogP contribution >= 0.6 is 11.3 Å². The normalized spacial score (nSPS) is 15.5. The molecule has 1 N–H and O–H groups in total. The van der Waals surface area contributed by atoms with E-state index in [-0.39, 0.29) is 11.5 Å². The maximum absolute atomic E-state index is 6.01. The molecule has 2 atom stereocenters. The van der Waals surface area contributed by atoms with E-state index < -0.39 is 0 Å². The van der Waals surface area contributed by atoms with Crippen LogP contribution in [0.15, 0.2) is 12.1 Å². The third kappa shape index (κ3) is 4.90. The highest BCUT2D eigenvalue weighted by atomic mass is 32.1. The zero-order chi connectivity index (χ0) is 14.5. The minimum atomic E-state index is 0.147. The lowest BCUT2D eigenvalue weighted by Crippen LogP contribution is -2.48. The Bertz CT molecular complexity index is 367. The van der Waals surface area contributed by atoms with E-state index in [1.165, 1.54) is 9.75 Å². The Morgan fingerprint density at radius 1 is 1.21 bits per heavy atom. The van der Waals surface area contributed by atoms with Gasteiger partial charge in [0.25, 0.3) is 0 Å². The van der Waals surface area contributed by atoms with E-state index >= 15 is 0 Å². The Balaban J connectivity index is 2.79. The topological polar surface area (TPSA) is 21.3 Å². The first-order chi connectivity index (χ1) is 8.92. The van der Waals surface area contributed by atoms with Crippen LogP contribution < -0.4 is 5.32 Å². The summed E-state index contributed by atoms with van der Waals surface area (Å²) in [6.07, 6.45) is 2.40. The fourth-order valence-corrected chi connectivity index (χ4v) is 3.46. The van der Waals surface area contributed by atoms with Crippen LogP contribution in [0, 0.1) is 5.41 Å². The van der Waals surface area contributed by atoms with Gasteiger partial charge in [-0.05, 0) is 44.4 Å². The van der Waals surface area contributed by atoms with Crippen LogP contribution in [-0.4, -0.2) is 25.8 Å². The number of hydrogen-bond donors (Lipinski definition) is 1. The average Bonchev–Trinajstić information content (AvgIpc) is 2.80. The van der Waals surface area contributed by atoms with Crippen LogP contribution in [0.1, 0.15) is 44.4 Å². The molecule has 0 aliphatic heterocycles. The Hall–Kier alpha value is -0.380. The van der Waals surface area contributed by atoms with Gasteiger partial charge in [-0.2, -0.15) is 0 Å². The van der Waals surface area contributed by atoms with E-state index in [0.29, 0.717) is 6.04 Å². The molecule has 0 saturated carbocycles. The number of likely N-dealkylation sites (N-methyl/N-ethyl adjacent to an activating group) is 1. The predicted octanol–water partition coefficient (Wildman–Crippen LogP) is 3.89. The lowest BCUT2D eigenvalue weighted by molar-refractivity contribution is -0.0339. The zero-order valence-corrected chi connectivity index (χ0v) is 14.1. The zero-order valence-electron chi connectivity index (χ0n) is 13.2. The molecule has 1 aromatic rings. The van der Waals surface area contributed by atoms with Crippen molar-refractivity contribution in [3.05, 3.63) is 21.9 Å². The van der Waals surface area contributed by atoms with Crippen molar-refractivity contribution in [1.82, 2.24) is 5.32 Å². The second-order valence-electron chi connectivity index (χ2n) is 6.06. The largest absolute Gasteiger partial charge is 0.376 e. The predicted molar refractivity (Wildman–Crippen MR) is 85.1 cm³/mol. The maximum atomic E-state index is 6.01. The molecule has 0 fully saturated rings. The standard InChI is InChI=1S/C16H29NOS/c1-7-12-9-10-13(19-12)11-14(17-6)15(18-8-2)16(3,4)5/h9-10,14-15,17H,7-8,11H2,1-6H3. The summed E-state index contributed by atoms with van der Waals surface area (Å²) < 4.78 is 6.01. The Kier molecular flexibility index (Phi) is 6.51. The molecule has 0 aliphatic rings. The highest BCUT2D eigenvalue weighted by Gasteiger charge is 2.32. The minimum absolute atomic E-state index is 0.147. The number of hydrogen-bond acceptors (Lipinski definition) is 3. The lowest BCUT2D eigenvalue weighted by Gasteiger charge is -2.36. The fourth-order valence-electron chi connectivity index (χ4n) is 2.45. The molecule has 0 radical (unpaired) electrons. The Morgan fingerprint density at radius 2 is 1.84 bits per heavy atom. The van der Waals surface area contributed by atoms with Gasteiger partial charge < -0.3 is 10.1 Å². The highest BCUT2D eigenvalue weighted by Crippen LogP contribution is 2.28. The van der Waals surface area contributed by atoms with Crippen molar-refractivity contribution in [3.63, 3.8) is 0 Å². The summed E-state index contributed by atoms with van der Waals surface area (Å²) in [4.78, 5) is 2.92.